The van der Waals surface area contributed by atoms with Gasteiger partial charge in [0.15, 0.2) is 17.5 Å². The van der Waals surface area contributed by atoms with Gasteiger partial charge in [-0.05, 0) is 94.3 Å². The van der Waals surface area contributed by atoms with Gasteiger partial charge in [-0.1, -0.05) is 182 Å². The highest BCUT2D eigenvalue weighted by Crippen LogP contribution is 2.41. The lowest BCUT2D eigenvalue weighted by atomic mass is 9.89. The largest absolute Gasteiger partial charge is 0.208 e. The van der Waals surface area contributed by atoms with Gasteiger partial charge in [-0.3, -0.25) is 0 Å². The van der Waals surface area contributed by atoms with Crippen LogP contribution in [0.1, 0.15) is 0 Å². The number of nitrogens with zero attached hydrogens (tertiary/aromatic N) is 3. The zero-order valence-corrected chi connectivity index (χ0v) is 30.4. The van der Waals surface area contributed by atoms with Gasteiger partial charge in [0.2, 0.25) is 0 Å². The standard InChI is InChI=1S/C53H33N3/c1-3-13-36(14-4-1)51-54-52(37-15-5-2-6-16-37)56-53(55-51)42-22-10-21-40(32-42)38-19-9-20-39(31-38)41-29-30-45-47-26-12-18-35-28-27-34-17-11-25-46(49(34)50(35)47)43-23-7-8-24-44(43)48(45)33-41/h1-33H. The lowest BCUT2D eigenvalue weighted by molar-refractivity contribution is 1.07. The van der Waals surface area contributed by atoms with Crippen LogP contribution in [0.15, 0.2) is 200 Å². The van der Waals surface area contributed by atoms with Crippen LogP contribution in [-0.4, -0.2) is 15.0 Å². The molecule has 0 saturated carbocycles. The Morgan fingerprint density at radius 1 is 0.214 bits per heavy atom. The van der Waals surface area contributed by atoms with Crippen molar-refractivity contribution in [3.63, 3.8) is 0 Å². The van der Waals surface area contributed by atoms with Gasteiger partial charge in [0.25, 0.3) is 0 Å². The first-order valence-electron chi connectivity index (χ1n) is 19.0. The first-order valence-corrected chi connectivity index (χ1v) is 19.0. The minimum atomic E-state index is 0.642. The molecule has 0 aliphatic carbocycles. The van der Waals surface area contributed by atoms with Gasteiger partial charge in [-0.15, -0.1) is 0 Å². The molecule has 1 heterocycles. The summed E-state index contributed by atoms with van der Waals surface area (Å²) in [6, 6.07) is 71.4. The molecule has 56 heavy (non-hydrogen) atoms. The molecular weight excluding hydrogens is 679 g/mol. The number of hydrogen-bond donors (Lipinski definition) is 0. The Balaban J connectivity index is 1.06. The SMILES string of the molecule is c1ccc(-c2nc(-c3ccccc3)nc(-c3cccc(-c4cccc(-c5ccc6c(c5)c5ccccc5c5cccc7ccc8cccc6c8c75)c4)c3)n2)cc1. The minimum Gasteiger partial charge on any atom is -0.208 e. The molecule has 0 bridgehead atoms. The monoisotopic (exact) mass is 711 g/mol. The second-order valence-electron chi connectivity index (χ2n) is 14.4. The Morgan fingerprint density at radius 2 is 0.589 bits per heavy atom. The average molecular weight is 712 g/mol. The lowest BCUT2D eigenvalue weighted by Crippen LogP contribution is -2.00. The van der Waals surface area contributed by atoms with Crippen molar-refractivity contribution in [2.24, 2.45) is 0 Å². The Kier molecular flexibility index (Phi) is 7.49. The van der Waals surface area contributed by atoms with Crippen LogP contribution in [0, 0.1) is 0 Å². The van der Waals surface area contributed by atoms with Crippen LogP contribution in [0.3, 0.4) is 0 Å². The first-order chi connectivity index (χ1) is 27.7. The van der Waals surface area contributed by atoms with Crippen LogP contribution in [0.4, 0.5) is 0 Å². The normalized spacial score (nSPS) is 11.6. The number of rotatable bonds is 5. The third-order valence-electron chi connectivity index (χ3n) is 11.1. The predicted molar refractivity (Wildman–Crippen MR) is 235 cm³/mol. The van der Waals surface area contributed by atoms with E-state index in [1.807, 2.05) is 60.7 Å². The maximum atomic E-state index is 4.99. The van der Waals surface area contributed by atoms with E-state index in [1.165, 1.54) is 59.4 Å². The van der Waals surface area contributed by atoms with Crippen molar-refractivity contribution in [2.75, 3.05) is 0 Å². The van der Waals surface area contributed by atoms with E-state index in [4.69, 9.17) is 15.0 Å². The summed E-state index contributed by atoms with van der Waals surface area (Å²) >= 11 is 0. The van der Waals surface area contributed by atoms with Gasteiger partial charge in [-0.2, -0.15) is 0 Å². The molecule has 3 nitrogen and oxygen atoms in total. The van der Waals surface area contributed by atoms with Gasteiger partial charge >= 0.3 is 0 Å². The topological polar surface area (TPSA) is 38.7 Å². The second-order valence-corrected chi connectivity index (χ2v) is 14.4. The number of fused-ring (bicyclic) bond motifs is 5. The summed E-state index contributed by atoms with van der Waals surface area (Å²) in [6.07, 6.45) is 0. The van der Waals surface area contributed by atoms with Crippen LogP contribution in [0.2, 0.25) is 0 Å². The number of hydrogen-bond acceptors (Lipinski definition) is 3. The van der Waals surface area contributed by atoms with E-state index in [1.54, 1.807) is 0 Å². The van der Waals surface area contributed by atoms with E-state index in [0.717, 1.165) is 33.4 Å². The van der Waals surface area contributed by atoms with Gasteiger partial charge in [0, 0.05) is 16.7 Å². The minimum absolute atomic E-state index is 0.642. The maximum Gasteiger partial charge on any atom is 0.164 e. The third-order valence-corrected chi connectivity index (χ3v) is 11.1. The van der Waals surface area contributed by atoms with E-state index in [-0.39, 0.29) is 0 Å². The molecule has 0 unspecified atom stereocenters. The summed E-state index contributed by atoms with van der Waals surface area (Å²) in [4.78, 5) is 14.9. The molecule has 11 aromatic rings. The molecule has 0 saturated heterocycles. The summed E-state index contributed by atoms with van der Waals surface area (Å²) in [5.41, 5.74) is 7.40. The van der Waals surface area contributed by atoms with E-state index in [2.05, 4.69) is 140 Å². The lowest BCUT2D eigenvalue weighted by Gasteiger charge is -2.14. The third kappa shape index (κ3) is 5.40. The average Bonchev–Trinajstić information content (AvgIpc) is 3.28. The molecule has 0 fully saturated rings. The van der Waals surface area contributed by atoms with E-state index in [0.29, 0.717) is 17.5 Å². The quantitative estimate of drug-likeness (QED) is 0.167. The van der Waals surface area contributed by atoms with Crippen molar-refractivity contribution in [1.82, 2.24) is 15.0 Å². The fourth-order valence-corrected chi connectivity index (χ4v) is 8.39. The van der Waals surface area contributed by atoms with Crippen LogP contribution < -0.4 is 0 Å². The molecule has 0 radical (unpaired) electrons. The molecule has 0 aliphatic heterocycles. The molecule has 1 aromatic heterocycles. The molecular formula is C53H33N3. The fourth-order valence-electron chi connectivity index (χ4n) is 8.39. The van der Waals surface area contributed by atoms with Gasteiger partial charge in [-0.25, -0.2) is 15.0 Å². The molecule has 0 atom stereocenters. The maximum absolute atomic E-state index is 4.99. The molecule has 11 rings (SSSR count). The van der Waals surface area contributed by atoms with Crippen molar-refractivity contribution in [2.45, 2.75) is 0 Å². The van der Waals surface area contributed by atoms with Crippen molar-refractivity contribution in [1.29, 1.82) is 0 Å². The van der Waals surface area contributed by atoms with Crippen LogP contribution >= 0.6 is 0 Å². The van der Waals surface area contributed by atoms with E-state index in [9.17, 15) is 0 Å². The van der Waals surface area contributed by atoms with Crippen molar-refractivity contribution in [3.05, 3.63) is 200 Å². The van der Waals surface area contributed by atoms with E-state index < -0.39 is 0 Å². The molecule has 0 N–H and O–H groups in total. The van der Waals surface area contributed by atoms with Gasteiger partial charge < -0.3 is 0 Å². The molecule has 260 valence electrons. The summed E-state index contributed by atoms with van der Waals surface area (Å²) in [5, 5.41) is 12.7. The fraction of sp³-hybridized carbons (Fsp3) is 0. The first kappa shape index (κ1) is 32.0. The summed E-state index contributed by atoms with van der Waals surface area (Å²) in [5.74, 6) is 1.95. The van der Waals surface area contributed by atoms with Crippen molar-refractivity contribution >= 4 is 53.9 Å². The Labute approximate surface area is 324 Å². The van der Waals surface area contributed by atoms with Crippen molar-refractivity contribution < 1.29 is 0 Å². The smallest absolute Gasteiger partial charge is 0.164 e. The number of aromatic nitrogens is 3. The summed E-state index contributed by atoms with van der Waals surface area (Å²) < 4.78 is 0. The van der Waals surface area contributed by atoms with Crippen LogP contribution in [0.25, 0.3) is 110 Å². The Hall–Kier alpha value is -7.49. The second kappa shape index (κ2) is 13.1. The zero-order valence-electron chi connectivity index (χ0n) is 30.4. The highest BCUT2D eigenvalue weighted by Gasteiger charge is 2.15. The molecule has 0 spiro atoms. The number of benzene rings is 9. The molecule has 10 aromatic carbocycles. The Bertz CT molecular complexity index is 3240. The highest BCUT2D eigenvalue weighted by atomic mass is 15.0. The highest BCUT2D eigenvalue weighted by molar-refractivity contribution is 6.32. The Morgan fingerprint density at radius 3 is 1.14 bits per heavy atom. The van der Waals surface area contributed by atoms with Crippen LogP contribution in [0.5, 0.6) is 0 Å². The molecule has 0 amide bonds. The van der Waals surface area contributed by atoms with Crippen molar-refractivity contribution in [3.8, 4) is 56.4 Å². The predicted octanol–water partition coefficient (Wildman–Crippen LogP) is 14.0. The van der Waals surface area contributed by atoms with E-state index >= 15 is 0 Å². The summed E-state index contributed by atoms with van der Waals surface area (Å²) in [6.45, 7) is 0. The van der Waals surface area contributed by atoms with Crippen LogP contribution in [-0.2, 0) is 0 Å². The zero-order chi connectivity index (χ0) is 37.0. The van der Waals surface area contributed by atoms with Gasteiger partial charge in [0.1, 0.15) is 0 Å². The summed E-state index contributed by atoms with van der Waals surface area (Å²) in [7, 11) is 0. The molecule has 3 heteroatoms. The van der Waals surface area contributed by atoms with Gasteiger partial charge in [0.05, 0.1) is 0 Å². The molecule has 0 aliphatic rings.